The van der Waals surface area contributed by atoms with E-state index in [0.717, 1.165) is 32.7 Å². The molecule has 0 unspecified atom stereocenters. The summed E-state index contributed by atoms with van der Waals surface area (Å²) in [4.78, 5) is 13.4. The minimum absolute atomic E-state index is 0.0222. The highest BCUT2D eigenvalue weighted by Crippen LogP contribution is 2.32. The number of benzene rings is 1. The van der Waals surface area contributed by atoms with Crippen LogP contribution >= 0.6 is 11.3 Å². The van der Waals surface area contributed by atoms with Crippen molar-refractivity contribution in [2.75, 3.05) is 11.9 Å². The summed E-state index contributed by atoms with van der Waals surface area (Å²) in [7, 11) is -3.82. The van der Waals surface area contributed by atoms with Gasteiger partial charge >= 0.3 is 6.18 Å². The Hall–Kier alpha value is -1.91. The Morgan fingerprint density at radius 3 is 2.63 bits per heavy atom. The standard InChI is InChI=1S/C17H17F3N2O3S2/c1-11-7-8-15(26-11)27(24,25)22-9-3-6-14(22)16(23)21-13-5-2-4-12(10-13)17(18,19)20/h2,4-5,7-8,10,14H,3,6,9H2,1H3,(H,21,23)/t14-/m1/s1. The van der Waals surface area contributed by atoms with Crippen LogP contribution in [0.2, 0.25) is 0 Å². The molecule has 0 aliphatic carbocycles. The van der Waals surface area contributed by atoms with Crippen molar-refractivity contribution in [3.05, 3.63) is 46.8 Å². The maximum absolute atomic E-state index is 12.8. The number of thiophene rings is 1. The first-order chi connectivity index (χ1) is 12.6. The Morgan fingerprint density at radius 2 is 2.00 bits per heavy atom. The minimum Gasteiger partial charge on any atom is -0.325 e. The van der Waals surface area contributed by atoms with Gasteiger partial charge in [-0.05, 0) is 50.1 Å². The molecule has 2 aromatic rings. The second kappa shape index (κ2) is 7.25. The summed E-state index contributed by atoms with van der Waals surface area (Å²) >= 11 is 1.12. The third-order valence-electron chi connectivity index (χ3n) is 4.24. The predicted molar refractivity (Wildman–Crippen MR) is 96.0 cm³/mol. The number of amides is 1. The first kappa shape index (κ1) is 19.8. The van der Waals surface area contributed by atoms with Gasteiger partial charge in [0.25, 0.3) is 10.0 Å². The molecule has 0 bridgehead atoms. The average molecular weight is 418 g/mol. The summed E-state index contributed by atoms with van der Waals surface area (Å²) in [5, 5.41) is 2.41. The number of hydrogen-bond donors (Lipinski definition) is 1. The lowest BCUT2D eigenvalue weighted by atomic mass is 10.1. The molecule has 1 atom stereocenters. The zero-order valence-corrected chi connectivity index (χ0v) is 15.9. The molecule has 1 aromatic carbocycles. The highest BCUT2D eigenvalue weighted by molar-refractivity contribution is 7.91. The highest BCUT2D eigenvalue weighted by atomic mass is 32.2. The molecule has 1 N–H and O–H groups in total. The Balaban J connectivity index is 1.80. The van der Waals surface area contributed by atoms with Crippen molar-refractivity contribution in [1.29, 1.82) is 0 Å². The molecule has 1 aliphatic rings. The maximum atomic E-state index is 12.8. The molecule has 0 spiro atoms. The van der Waals surface area contributed by atoms with Gasteiger partial charge in [-0.2, -0.15) is 17.5 Å². The molecule has 2 heterocycles. The maximum Gasteiger partial charge on any atom is 0.416 e. The van der Waals surface area contributed by atoms with Crippen LogP contribution in [0.3, 0.4) is 0 Å². The van der Waals surface area contributed by atoms with Crippen LogP contribution in [0.5, 0.6) is 0 Å². The number of nitrogens with zero attached hydrogens (tertiary/aromatic N) is 1. The Bertz CT molecular complexity index is 954. The van der Waals surface area contributed by atoms with E-state index >= 15 is 0 Å². The van der Waals surface area contributed by atoms with E-state index < -0.39 is 33.7 Å². The second-order valence-electron chi connectivity index (χ2n) is 6.21. The van der Waals surface area contributed by atoms with Crippen molar-refractivity contribution in [2.45, 2.75) is 36.2 Å². The van der Waals surface area contributed by atoms with E-state index in [-0.39, 0.29) is 16.4 Å². The zero-order valence-electron chi connectivity index (χ0n) is 14.3. The third-order valence-corrected chi connectivity index (χ3v) is 7.62. The molecule has 27 heavy (non-hydrogen) atoms. The number of anilines is 1. The number of carbonyl (C=O) groups is 1. The minimum atomic E-state index is -4.53. The van der Waals surface area contributed by atoms with Gasteiger partial charge < -0.3 is 5.32 Å². The van der Waals surface area contributed by atoms with Crippen molar-refractivity contribution < 1.29 is 26.4 Å². The van der Waals surface area contributed by atoms with E-state index in [0.29, 0.717) is 12.8 Å². The largest absolute Gasteiger partial charge is 0.416 e. The van der Waals surface area contributed by atoms with E-state index in [1.54, 1.807) is 13.0 Å². The first-order valence-electron chi connectivity index (χ1n) is 8.15. The van der Waals surface area contributed by atoms with E-state index in [4.69, 9.17) is 0 Å². The molecular formula is C17H17F3N2O3S2. The van der Waals surface area contributed by atoms with Gasteiger partial charge in [0.1, 0.15) is 10.3 Å². The van der Waals surface area contributed by atoms with E-state index in [1.807, 2.05) is 0 Å². The summed E-state index contributed by atoms with van der Waals surface area (Å²) in [6.07, 6.45) is -3.71. The molecule has 10 heteroatoms. The highest BCUT2D eigenvalue weighted by Gasteiger charge is 2.40. The number of aryl methyl sites for hydroxylation is 1. The molecule has 1 aromatic heterocycles. The predicted octanol–water partition coefficient (Wildman–Crippen LogP) is 3.87. The molecule has 1 fully saturated rings. The normalized spacial score (nSPS) is 18.6. The van der Waals surface area contributed by atoms with Crippen LogP contribution in [0.25, 0.3) is 0 Å². The van der Waals surface area contributed by atoms with Crippen LogP contribution in [0.15, 0.2) is 40.6 Å². The fourth-order valence-corrected chi connectivity index (χ4v) is 6.02. The van der Waals surface area contributed by atoms with E-state index in [2.05, 4.69) is 5.32 Å². The van der Waals surface area contributed by atoms with Crippen LogP contribution in [-0.4, -0.2) is 31.2 Å². The Morgan fingerprint density at radius 1 is 1.26 bits per heavy atom. The fourth-order valence-electron chi connectivity index (χ4n) is 2.96. The van der Waals surface area contributed by atoms with Crippen LogP contribution < -0.4 is 5.32 Å². The Kier molecular flexibility index (Phi) is 5.33. The smallest absolute Gasteiger partial charge is 0.325 e. The molecule has 0 radical (unpaired) electrons. The van der Waals surface area contributed by atoms with E-state index in [9.17, 15) is 26.4 Å². The molecule has 0 saturated carbocycles. The van der Waals surface area contributed by atoms with Gasteiger partial charge in [-0.1, -0.05) is 6.07 Å². The first-order valence-corrected chi connectivity index (χ1v) is 10.4. The molecule has 146 valence electrons. The number of nitrogens with one attached hydrogen (secondary N) is 1. The summed E-state index contributed by atoms with van der Waals surface area (Å²) in [5.41, 5.74) is -0.906. The lowest BCUT2D eigenvalue weighted by molar-refractivity contribution is -0.137. The van der Waals surface area contributed by atoms with Crippen LogP contribution in [0.4, 0.5) is 18.9 Å². The van der Waals surface area contributed by atoms with Gasteiger partial charge in [-0.15, -0.1) is 11.3 Å². The number of halogens is 3. The summed E-state index contributed by atoms with van der Waals surface area (Å²) in [6, 6.07) is 6.49. The summed E-state index contributed by atoms with van der Waals surface area (Å²) in [5.74, 6) is -0.635. The molecular weight excluding hydrogens is 401 g/mol. The second-order valence-corrected chi connectivity index (χ2v) is 9.61. The zero-order chi connectivity index (χ0) is 19.8. The van der Waals surface area contributed by atoms with Gasteiger partial charge in [0.15, 0.2) is 0 Å². The van der Waals surface area contributed by atoms with Crippen molar-refractivity contribution >= 4 is 33.0 Å². The molecule has 1 aliphatic heterocycles. The number of sulfonamides is 1. The molecule has 1 amide bonds. The van der Waals surface area contributed by atoms with Gasteiger partial charge in [0.2, 0.25) is 5.91 Å². The molecule has 3 rings (SSSR count). The van der Waals surface area contributed by atoms with E-state index in [1.165, 1.54) is 18.2 Å². The quantitative estimate of drug-likeness (QED) is 0.820. The lowest BCUT2D eigenvalue weighted by Crippen LogP contribution is -2.42. The summed E-state index contributed by atoms with van der Waals surface area (Å²) < 4.78 is 65.3. The Labute approximate surface area is 158 Å². The number of rotatable bonds is 4. The number of alkyl halides is 3. The van der Waals surface area contributed by atoms with Crippen molar-refractivity contribution in [1.82, 2.24) is 4.31 Å². The summed E-state index contributed by atoms with van der Waals surface area (Å²) in [6.45, 7) is 1.98. The monoisotopic (exact) mass is 418 g/mol. The number of hydrogen-bond acceptors (Lipinski definition) is 4. The topological polar surface area (TPSA) is 66.5 Å². The van der Waals surface area contributed by atoms with Crippen LogP contribution in [0.1, 0.15) is 23.3 Å². The van der Waals surface area contributed by atoms with Crippen molar-refractivity contribution in [3.63, 3.8) is 0 Å². The third kappa shape index (κ3) is 4.17. The van der Waals surface area contributed by atoms with Crippen LogP contribution in [-0.2, 0) is 21.0 Å². The van der Waals surface area contributed by atoms with Gasteiger partial charge in [0.05, 0.1) is 5.56 Å². The number of carbonyl (C=O) groups excluding carboxylic acids is 1. The average Bonchev–Trinajstić information content (AvgIpc) is 3.23. The molecule has 1 saturated heterocycles. The lowest BCUT2D eigenvalue weighted by Gasteiger charge is -2.22. The van der Waals surface area contributed by atoms with Gasteiger partial charge in [-0.25, -0.2) is 8.42 Å². The van der Waals surface area contributed by atoms with Crippen molar-refractivity contribution in [3.8, 4) is 0 Å². The SMILES string of the molecule is Cc1ccc(S(=O)(=O)N2CCC[C@@H]2C(=O)Nc2cccc(C(F)(F)F)c2)s1. The van der Waals surface area contributed by atoms with Crippen LogP contribution in [0, 0.1) is 6.92 Å². The fraction of sp³-hybridized carbons (Fsp3) is 0.353. The van der Waals surface area contributed by atoms with Gasteiger partial charge in [0, 0.05) is 17.1 Å². The molecule has 5 nitrogen and oxygen atoms in total. The van der Waals surface area contributed by atoms with Crippen molar-refractivity contribution in [2.24, 2.45) is 0 Å². The van der Waals surface area contributed by atoms with Gasteiger partial charge in [-0.3, -0.25) is 4.79 Å².